The first kappa shape index (κ1) is 18.0. The van der Waals surface area contributed by atoms with E-state index < -0.39 is 0 Å². The Labute approximate surface area is 150 Å². The summed E-state index contributed by atoms with van der Waals surface area (Å²) in [4.78, 5) is 11.6. The zero-order valence-corrected chi connectivity index (χ0v) is 14.2. The molecule has 2 aromatic carbocycles. The Morgan fingerprint density at radius 2 is 1.75 bits per heavy atom. The highest BCUT2D eigenvalue weighted by Gasteiger charge is 2.01. The number of carbonyl (C=O) groups is 1. The van der Waals surface area contributed by atoms with Crippen molar-refractivity contribution in [3.8, 4) is 23.3 Å². The van der Waals surface area contributed by atoms with E-state index in [0.717, 1.165) is 0 Å². The zero-order chi connectivity index (χ0) is 17.2. The molecule has 0 saturated heterocycles. The lowest BCUT2D eigenvalue weighted by molar-refractivity contribution is -0.122. The first-order valence-electron chi connectivity index (χ1n) is 7.13. The van der Waals surface area contributed by atoms with Crippen LogP contribution in [0.1, 0.15) is 0 Å². The molecule has 1 amide bonds. The molecule has 4 nitrogen and oxygen atoms in total. The van der Waals surface area contributed by atoms with Crippen molar-refractivity contribution in [3.05, 3.63) is 58.6 Å². The van der Waals surface area contributed by atoms with Gasteiger partial charge in [-0.2, -0.15) is 0 Å². The fourth-order valence-corrected chi connectivity index (χ4v) is 1.98. The van der Waals surface area contributed by atoms with Gasteiger partial charge in [0.2, 0.25) is 0 Å². The van der Waals surface area contributed by atoms with Crippen LogP contribution in [0.5, 0.6) is 11.5 Å². The van der Waals surface area contributed by atoms with Crippen molar-refractivity contribution < 1.29 is 14.3 Å². The van der Waals surface area contributed by atoms with E-state index in [1.54, 1.807) is 36.4 Å². The van der Waals surface area contributed by atoms with E-state index in [1.807, 2.05) is 12.1 Å². The molecule has 0 atom stereocenters. The predicted octanol–water partition coefficient (Wildman–Crippen LogP) is 3.57. The van der Waals surface area contributed by atoms with Crippen molar-refractivity contribution in [3.63, 3.8) is 0 Å². The first-order valence-corrected chi connectivity index (χ1v) is 7.89. The number of halogens is 2. The van der Waals surface area contributed by atoms with Crippen molar-refractivity contribution in [2.45, 2.75) is 0 Å². The number of carbonyl (C=O) groups excluding carboxylic acids is 1. The van der Waals surface area contributed by atoms with Crippen LogP contribution >= 0.6 is 23.2 Å². The Bertz CT molecular complexity index is 736. The molecule has 2 rings (SSSR count). The summed E-state index contributed by atoms with van der Waals surface area (Å²) in [5.41, 5.74) is 0. The Morgan fingerprint density at radius 1 is 1.00 bits per heavy atom. The second kappa shape index (κ2) is 9.71. The minimum absolute atomic E-state index is 0.0839. The van der Waals surface area contributed by atoms with Crippen molar-refractivity contribution in [2.24, 2.45) is 0 Å². The number of amides is 1. The van der Waals surface area contributed by atoms with Crippen molar-refractivity contribution in [1.29, 1.82) is 0 Å². The van der Waals surface area contributed by atoms with Crippen molar-refractivity contribution in [2.75, 3.05) is 19.8 Å². The molecule has 6 heteroatoms. The smallest absolute Gasteiger partial charge is 0.258 e. The SMILES string of the molecule is O=C(COc1ccc(Cl)cc1)NCC#CCOc1ccccc1Cl. The molecule has 0 fully saturated rings. The summed E-state index contributed by atoms with van der Waals surface area (Å²) in [6.07, 6.45) is 0. The van der Waals surface area contributed by atoms with E-state index in [-0.39, 0.29) is 25.7 Å². The lowest BCUT2D eigenvalue weighted by Crippen LogP contribution is -2.29. The number of nitrogens with one attached hydrogen (secondary N) is 1. The van der Waals surface area contributed by atoms with Gasteiger partial charge in [-0.05, 0) is 36.4 Å². The van der Waals surface area contributed by atoms with Crippen LogP contribution in [0, 0.1) is 11.8 Å². The van der Waals surface area contributed by atoms with E-state index in [4.69, 9.17) is 32.7 Å². The Balaban J connectivity index is 1.62. The molecule has 1 N–H and O–H groups in total. The van der Waals surface area contributed by atoms with Crippen LogP contribution in [-0.4, -0.2) is 25.7 Å². The third kappa shape index (κ3) is 6.41. The largest absolute Gasteiger partial charge is 0.484 e. The van der Waals surface area contributed by atoms with Gasteiger partial charge >= 0.3 is 0 Å². The Hall–Kier alpha value is -2.35. The van der Waals surface area contributed by atoms with Gasteiger partial charge in [0.25, 0.3) is 5.91 Å². The molecule has 0 heterocycles. The third-order valence-corrected chi connectivity index (χ3v) is 3.38. The molecular formula is C18H15Cl2NO3. The van der Waals surface area contributed by atoms with Crippen molar-refractivity contribution >= 4 is 29.1 Å². The zero-order valence-electron chi connectivity index (χ0n) is 12.7. The predicted molar refractivity (Wildman–Crippen MR) is 94.7 cm³/mol. The van der Waals surface area contributed by atoms with E-state index in [9.17, 15) is 4.79 Å². The summed E-state index contributed by atoms with van der Waals surface area (Å²) in [5, 5.41) is 3.78. The normalized spacial score (nSPS) is 9.58. The lowest BCUT2D eigenvalue weighted by atomic mass is 10.3. The Kier molecular flexibility index (Phi) is 7.28. The topological polar surface area (TPSA) is 47.6 Å². The highest BCUT2D eigenvalue weighted by Crippen LogP contribution is 2.22. The Morgan fingerprint density at radius 3 is 2.50 bits per heavy atom. The van der Waals surface area contributed by atoms with Crippen LogP contribution in [0.4, 0.5) is 0 Å². The maximum Gasteiger partial charge on any atom is 0.258 e. The molecule has 0 unspecified atom stereocenters. The fourth-order valence-electron chi connectivity index (χ4n) is 1.66. The van der Waals surface area contributed by atoms with Gasteiger partial charge in [-0.3, -0.25) is 4.79 Å². The monoisotopic (exact) mass is 363 g/mol. The average molecular weight is 364 g/mol. The molecular weight excluding hydrogens is 349 g/mol. The number of para-hydroxylation sites is 1. The standard InChI is InChI=1S/C18H15Cl2NO3/c19-14-7-9-15(10-8-14)24-13-18(22)21-11-3-4-12-23-17-6-2-1-5-16(17)20/h1-2,5-10H,11-13H2,(H,21,22). The van der Waals surface area contributed by atoms with E-state index in [1.165, 1.54) is 0 Å². The van der Waals surface area contributed by atoms with Crippen LogP contribution in [0.3, 0.4) is 0 Å². The van der Waals surface area contributed by atoms with Crippen LogP contribution in [0.2, 0.25) is 10.0 Å². The molecule has 2 aromatic rings. The van der Waals surface area contributed by atoms with Gasteiger partial charge in [0.1, 0.15) is 18.1 Å². The quantitative estimate of drug-likeness (QED) is 0.798. The molecule has 0 bridgehead atoms. The maximum atomic E-state index is 11.6. The second-order valence-electron chi connectivity index (χ2n) is 4.59. The number of benzene rings is 2. The van der Waals surface area contributed by atoms with Crippen LogP contribution < -0.4 is 14.8 Å². The molecule has 0 aliphatic heterocycles. The second-order valence-corrected chi connectivity index (χ2v) is 5.44. The highest BCUT2D eigenvalue weighted by atomic mass is 35.5. The maximum absolute atomic E-state index is 11.6. The lowest BCUT2D eigenvalue weighted by Gasteiger charge is -2.05. The number of ether oxygens (including phenoxy) is 2. The summed E-state index contributed by atoms with van der Waals surface area (Å²) in [6, 6.07) is 13.9. The minimum atomic E-state index is -0.258. The van der Waals surface area contributed by atoms with Gasteiger partial charge < -0.3 is 14.8 Å². The molecule has 24 heavy (non-hydrogen) atoms. The van der Waals surface area contributed by atoms with Gasteiger partial charge in [-0.15, -0.1) is 0 Å². The molecule has 0 radical (unpaired) electrons. The average Bonchev–Trinajstić information content (AvgIpc) is 2.59. The van der Waals surface area contributed by atoms with E-state index in [2.05, 4.69) is 17.2 Å². The summed E-state index contributed by atoms with van der Waals surface area (Å²) < 4.78 is 10.7. The summed E-state index contributed by atoms with van der Waals surface area (Å²) in [7, 11) is 0. The number of hydrogen-bond donors (Lipinski definition) is 1. The molecule has 0 aromatic heterocycles. The molecule has 0 spiro atoms. The molecule has 0 aliphatic rings. The van der Waals surface area contributed by atoms with E-state index in [0.29, 0.717) is 21.5 Å². The van der Waals surface area contributed by atoms with E-state index >= 15 is 0 Å². The van der Waals surface area contributed by atoms with Gasteiger partial charge in [0, 0.05) is 5.02 Å². The van der Waals surface area contributed by atoms with Crippen LogP contribution in [0.25, 0.3) is 0 Å². The number of hydrogen-bond acceptors (Lipinski definition) is 3. The summed E-state index contributed by atoms with van der Waals surface area (Å²) in [6.45, 7) is 0.328. The first-order chi connectivity index (χ1) is 11.6. The van der Waals surface area contributed by atoms with Gasteiger partial charge in [-0.25, -0.2) is 0 Å². The summed E-state index contributed by atoms with van der Waals surface area (Å²) >= 11 is 11.7. The van der Waals surface area contributed by atoms with Gasteiger partial charge in [-0.1, -0.05) is 47.2 Å². The third-order valence-electron chi connectivity index (χ3n) is 2.82. The molecule has 0 aliphatic carbocycles. The fraction of sp³-hybridized carbons (Fsp3) is 0.167. The molecule has 0 saturated carbocycles. The van der Waals surface area contributed by atoms with Gasteiger partial charge in [0.05, 0.1) is 11.6 Å². The number of rotatable bonds is 6. The highest BCUT2D eigenvalue weighted by molar-refractivity contribution is 6.32. The summed E-state index contributed by atoms with van der Waals surface area (Å²) in [5.74, 6) is 6.48. The van der Waals surface area contributed by atoms with Gasteiger partial charge in [0.15, 0.2) is 6.61 Å². The van der Waals surface area contributed by atoms with Crippen LogP contribution in [-0.2, 0) is 4.79 Å². The van der Waals surface area contributed by atoms with Crippen molar-refractivity contribution in [1.82, 2.24) is 5.32 Å². The molecule has 124 valence electrons. The minimum Gasteiger partial charge on any atom is -0.484 e. The van der Waals surface area contributed by atoms with Crippen LogP contribution in [0.15, 0.2) is 48.5 Å².